The first kappa shape index (κ1) is 16.8. The molecule has 0 radical (unpaired) electrons. The molecule has 1 aliphatic rings. The Hall–Kier alpha value is -2.39. The summed E-state index contributed by atoms with van der Waals surface area (Å²) in [7, 11) is 0. The van der Waals surface area contributed by atoms with Crippen LogP contribution in [0.3, 0.4) is 0 Å². The van der Waals surface area contributed by atoms with E-state index in [4.69, 9.17) is 0 Å². The minimum Gasteiger partial charge on any atom is -0.356 e. The van der Waals surface area contributed by atoms with Crippen LogP contribution >= 0.6 is 11.8 Å². The van der Waals surface area contributed by atoms with Gasteiger partial charge in [-0.3, -0.25) is 0 Å². The van der Waals surface area contributed by atoms with Gasteiger partial charge in [0.15, 0.2) is 0 Å². The predicted octanol–water partition coefficient (Wildman–Crippen LogP) is 6.15. The maximum Gasteiger partial charge on any atom is 0.0809 e. The summed E-state index contributed by atoms with van der Waals surface area (Å²) in [4.78, 5) is 2.65. The number of aromatic nitrogens is 1. The molecule has 0 spiro atoms. The average Bonchev–Trinajstić information content (AvgIpc) is 3.17. The van der Waals surface area contributed by atoms with Gasteiger partial charge in [-0.15, -0.1) is 11.8 Å². The highest BCUT2D eigenvalue weighted by Gasteiger charge is 2.39. The third kappa shape index (κ3) is 2.81. The molecule has 0 aliphatic carbocycles. The Balaban J connectivity index is 1.53. The lowest BCUT2D eigenvalue weighted by molar-refractivity contribution is 0.640. The molecule has 2 nitrogen and oxygen atoms in total. The first-order valence-corrected chi connectivity index (χ1v) is 10.5. The molecule has 0 amide bonds. The fourth-order valence-corrected chi connectivity index (χ4v) is 6.03. The summed E-state index contributed by atoms with van der Waals surface area (Å²) < 4.78 is 2.52. The smallest absolute Gasteiger partial charge is 0.0809 e. The molecule has 4 aromatic rings. The van der Waals surface area contributed by atoms with Crippen LogP contribution < -0.4 is 4.90 Å². The zero-order valence-electron chi connectivity index (χ0n) is 15.8. The second-order valence-corrected chi connectivity index (χ2v) is 9.68. The van der Waals surface area contributed by atoms with Crippen molar-refractivity contribution in [1.29, 1.82) is 0 Å². The minimum atomic E-state index is 0.102. The van der Waals surface area contributed by atoms with Crippen LogP contribution in [0.4, 0.5) is 5.69 Å². The van der Waals surface area contributed by atoms with Gasteiger partial charge in [-0.05, 0) is 38.1 Å². The molecular formula is C24H24N2S. The normalized spacial score (nSPS) is 19.2. The first-order valence-electron chi connectivity index (χ1n) is 9.60. The van der Waals surface area contributed by atoms with Crippen molar-refractivity contribution in [3.63, 3.8) is 0 Å². The Labute approximate surface area is 164 Å². The van der Waals surface area contributed by atoms with Crippen molar-refractivity contribution in [2.24, 2.45) is 0 Å². The fourth-order valence-electron chi connectivity index (χ4n) is 4.46. The van der Waals surface area contributed by atoms with Crippen molar-refractivity contribution in [1.82, 2.24) is 4.57 Å². The van der Waals surface area contributed by atoms with E-state index in [1.807, 2.05) is 0 Å². The lowest BCUT2D eigenvalue weighted by atomic mass is 10.2. The fraction of sp³-hybridized carbons (Fsp3) is 0.250. The van der Waals surface area contributed by atoms with E-state index in [9.17, 15) is 0 Å². The molecule has 1 fully saturated rings. The molecule has 1 aliphatic heterocycles. The van der Waals surface area contributed by atoms with Crippen LogP contribution in [0.5, 0.6) is 0 Å². The second-order valence-electron chi connectivity index (χ2n) is 7.78. The Bertz CT molecular complexity index is 1040. The van der Waals surface area contributed by atoms with E-state index in [0.717, 1.165) is 13.1 Å². The molecule has 5 rings (SSSR count). The lowest BCUT2D eigenvalue weighted by Gasteiger charge is -2.32. The minimum absolute atomic E-state index is 0.102. The average molecular weight is 373 g/mol. The topological polar surface area (TPSA) is 8.17 Å². The van der Waals surface area contributed by atoms with Crippen LogP contribution in [0.2, 0.25) is 0 Å². The highest BCUT2D eigenvalue weighted by atomic mass is 32.2. The molecule has 3 heteroatoms. The standard InChI is InChI=1S/C24H24N2S/c1-24(2)26(18-10-4-3-5-11-18)17-19(27-24)16-25-22-14-8-6-12-20(22)21-13-7-9-15-23(21)25/h3-15,19H,16-17H2,1-2H3. The van der Waals surface area contributed by atoms with Crippen LogP contribution in [0.25, 0.3) is 21.8 Å². The maximum absolute atomic E-state index is 2.55. The van der Waals surface area contributed by atoms with Crippen LogP contribution in [0.1, 0.15) is 13.8 Å². The number of hydrogen-bond acceptors (Lipinski definition) is 2. The van der Waals surface area contributed by atoms with E-state index in [-0.39, 0.29) is 4.87 Å². The molecule has 0 bridgehead atoms. The van der Waals surface area contributed by atoms with Gasteiger partial charge in [-0.2, -0.15) is 0 Å². The van der Waals surface area contributed by atoms with E-state index in [1.165, 1.54) is 27.5 Å². The SMILES string of the molecule is CC1(C)SC(Cn2c3ccccc3c3ccccc32)CN1c1ccccc1. The number of fused-ring (bicyclic) bond motifs is 3. The van der Waals surface area contributed by atoms with Crippen molar-refractivity contribution in [3.8, 4) is 0 Å². The number of nitrogens with zero attached hydrogens (tertiary/aromatic N) is 2. The molecule has 1 aromatic heterocycles. The third-order valence-electron chi connectivity index (χ3n) is 5.63. The summed E-state index contributed by atoms with van der Waals surface area (Å²) in [6, 6.07) is 28.4. The van der Waals surface area contributed by atoms with Gasteiger partial charge in [-0.1, -0.05) is 54.6 Å². The van der Waals surface area contributed by atoms with E-state index in [0.29, 0.717) is 5.25 Å². The number of anilines is 1. The zero-order valence-corrected chi connectivity index (χ0v) is 16.6. The number of benzene rings is 3. The largest absolute Gasteiger partial charge is 0.356 e. The van der Waals surface area contributed by atoms with Gasteiger partial charge in [-0.25, -0.2) is 0 Å². The van der Waals surface area contributed by atoms with Crippen molar-refractivity contribution in [2.45, 2.75) is 30.5 Å². The third-order valence-corrected chi connectivity index (χ3v) is 7.05. The van der Waals surface area contributed by atoms with Crippen molar-refractivity contribution >= 4 is 39.3 Å². The Kier molecular flexibility index (Phi) is 3.94. The molecule has 3 aromatic carbocycles. The van der Waals surface area contributed by atoms with E-state index >= 15 is 0 Å². The molecule has 1 unspecified atom stereocenters. The van der Waals surface area contributed by atoms with Gasteiger partial charge >= 0.3 is 0 Å². The van der Waals surface area contributed by atoms with Crippen molar-refractivity contribution in [2.75, 3.05) is 11.4 Å². The maximum atomic E-state index is 2.55. The zero-order chi connectivity index (χ0) is 18.4. The van der Waals surface area contributed by atoms with Gasteiger partial charge < -0.3 is 9.47 Å². The number of rotatable bonds is 3. The summed E-state index contributed by atoms with van der Waals surface area (Å²) in [5.41, 5.74) is 4.00. The quantitative estimate of drug-likeness (QED) is 0.426. The Morgan fingerprint density at radius 3 is 2.00 bits per heavy atom. The van der Waals surface area contributed by atoms with Crippen LogP contribution in [-0.2, 0) is 6.54 Å². The molecule has 0 saturated carbocycles. The van der Waals surface area contributed by atoms with Crippen LogP contribution in [0.15, 0.2) is 78.9 Å². The summed E-state index contributed by atoms with van der Waals surface area (Å²) in [5.74, 6) is 0. The highest BCUT2D eigenvalue weighted by Crippen LogP contribution is 2.44. The summed E-state index contributed by atoms with van der Waals surface area (Å²) in [5, 5.41) is 3.27. The molecule has 2 heterocycles. The summed E-state index contributed by atoms with van der Waals surface area (Å²) in [6.45, 7) is 6.79. The molecule has 0 N–H and O–H groups in total. The monoisotopic (exact) mass is 372 g/mol. The van der Waals surface area contributed by atoms with E-state index in [2.05, 4.69) is 114 Å². The Morgan fingerprint density at radius 1 is 0.815 bits per heavy atom. The van der Waals surface area contributed by atoms with Gasteiger partial charge in [0, 0.05) is 45.8 Å². The summed E-state index contributed by atoms with van der Waals surface area (Å²) >= 11 is 2.09. The van der Waals surface area contributed by atoms with Gasteiger partial charge in [0.1, 0.15) is 0 Å². The van der Waals surface area contributed by atoms with Gasteiger partial charge in [0.2, 0.25) is 0 Å². The molecule has 136 valence electrons. The number of thioether (sulfide) groups is 1. The van der Waals surface area contributed by atoms with Crippen LogP contribution in [0, 0.1) is 0 Å². The van der Waals surface area contributed by atoms with Gasteiger partial charge in [0.25, 0.3) is 0 Å². The van der Waals surface area contributed by atoms with E-state index in [1.54, 1.807) is 0 Å². The predicted molar refractivity (Wildman–Crippen MR) is 119 cm³/mol. The van der Waals surface area contributed by atoms with E-state index < -0.39 is 0 Å². The lowest BCUT2D eigenvalue weighted by Crippen LogP contribution is -2.36. The summed E-state index contributed by atoms with van der Waals surface area (Å²) in [6.07, 6.45) is 0. The van der Waals surface area contributed by atoms with Crippen molar-refractivity contribution in [3.05, 3.63) is 78.9 Å². The highest BCUT2D eigenvalue weighted by molar-refractivity contribution is 8.01. The molecule has 27 heavy (non-hydrogen) atoms. The van der Waals surface area contributed by atoms with Crippen LogP contribution in [-0.4, -0.2) is 21.2 Å². The Morgan fingerprint density at radius 2 is 1.37 bits per heavy atom. The molecule has 1 atom stereocenters. The molecule has 1 saturated heterocycles. The van der Waals surface area contributed by atoms with Gasteiger partial charge in [0.05, 0.1) is 4.87 Å². The van der Waals surface area contributed by atoms with Crippen molar-refractivity contribution < 1.29 is 0 Å². The molecular weight excluding hydrogens is 348 g/mol. The number of para-hydroxylation sites is 3. The first-order chi connectivity index (χ1) is 13.1. The second kappa shape index (κ2) is 6.35. The number of hydrogen-bond donors (Lipinski definition) is 0.